The van der Waals surface area contributed by atoms with Gasteiger partial charge in [0, 0.05) is 24.7 Å². The zero-order valence-electron chi connectivity index (χ0n) is 11.1. The van der Waals surface area contributed by atoms with Crippen LogP contribution in [0.2, 0.25) is 0 Å². The second-order valence-corrected chi connectivity index (χ2v) is 6.66. The van der Waals surface area contributed by atoms with Gasteiger partial charge in [0.2, 0.25) is 10.0 Å². The summed E-state index contributed by atoms with van der Waals surface area (Å²) in [7, 11) is -3.49. The van der Waals surface area contributed by atoms with Crippen molar-refractivity contribution in [3.8, 4) is 0 Å². The first-order valence-electron chi connectivity index (χ1n) is 6.32. The molecule has 1 N–H and O–H groups in total. The summed E-state index contributed by atoms with van der Waals surface area (Å²) in [6.45, 7) is 5.10. The molecule has 1 amide bonds. The molecule has 1 aliphatic heterocycles. The molecule has 104 valence electrons. The number of hydrogen-bond donors (Lipinski definition) is 1. The van der Waals surface area contributed by atoms with Crippen LogP contribution in [0.3, 0.4) is 0 Å². The van der Waals surface area contributed by atoms with Crippen LogP contribution in [0.4, 0.5) is 0 Å². The molecule has 1 aromatic carbocycles. The summed E-state index contributed by atoms with van der Waals surface area (Å²) in [5.41, 5.74) is 0.531. The van der Waals surface area contributed by atoms with Crippen molar-refractivity contribution >= 4 is 15.9 Å². The smallest absolute Gasteiger partial charge is 0.253 e. The van der Waals surface area contributed by atoms with Gasteiger partial charge in [0.25, 0.3) is 5.91 Å². The summed E-state index contributed by atoms with van der Waals surface area (Å²) >= 11 is 0. The van der Waals surface area contributed by atoms with Crippen molar-refractivity contribution in [2.45, 2.75) is 31.2 Å². The molecule has 0 aromatic heterocycles. The lowest BCUT2D eigenvalue weighted by atomic mass is 10.1. The molecule has 5 nitrogen and oxygen atoms in total. The average molecular weight is 282 g/mol. The van der Waals surface area contributed by atoms with Crippen molar-refractivity contribution in [1.29, 1.82) is 0 Å². The third kappa shape index (κ3) is 3.13. The van der Waals surface area contributed by atoms with Gasteiger partial charge in [0.05, 0.1) is 4.90 Å². The Bertz CT molecular complexity index is 560. The highest BCUT2D eigenvalue weighted by Crippen LogP contribution is 2.15. The zero-order chi connectivity index (χ0) is 14.0. The minimum absolute atomic E-state index is 0.0352. The van der Waals surface area contributed by atoms with E-state index in [1.54, 1.807) is 30.9 Å². The van der Waals surface area contributed by atoms with E-state index >= 15 is 0 Å². The van der Waals surface area contributed by atoms with Crippen molar-refractivity contribution in [3.63, 3.8) is 0 Å². The third-order valence-corrected chi connectivity index (χ3v) is 4.62. The quantitative estimate of drug-likeness (QED) is 0.903. The fraction of sp³-hybridized carbons (Fsp3) is 0.462. The van der Waals surface area contributed by atoms with Gasteiger partial charge in [-0.1, -0.05) is 0 Å². The number of sulfonamides is 1. The molecule has 1 aliphatic rings. The van der Waals surface area contributed by atoms with Crippen molar-refractivity contribution < 1.29 is 13.2 Å². The summed E-state index contributed by atoms with van der Waals surface area (Å²) in [5.74, 6) is -0.0352. The van der Waals surface area contributed by atoms with Crippen LogP contribution >= 0.6 is 0 Å². The molecule has 2 rings (SSSR count). The number of carbonyl (C=O) groups excluding carboxylic acids is 1. The monoisotopic (exact) mass is 282 g/mol. The van der Waals surface area contributed by atoms with Crippen LogP contribution in [-0.2, 0) is 10.0 Å². The van der Waals surface area contributed by atoms with E-state index < -0.39 is 10.0 Å². The van der Waals surface area contributed by atoms with E-state index in [1.807, 2.05) is 0 Å². The van der Waals surface area contributed by atoms with Gasteiger partial charge < -0.3 is 4.90 Å². The molecule has 1 saturated heterocycles. The van der Waals surface area contributed by atoms with Crippen LogP contribution in [0.25, 0.3) is 0 Å². The highest BCUT2D eigenvalue weighted by Gasteiger charge is 2.22. The summed E-state index contributed by atoms with van der Waals surface area (Å²) in [4.78, 5) is 13.9. The number of carbonyl (C=O) groups is 1. The van der Waals surface area contributed by atoms with Gasteiger partial charge in [-0.3, -0.25) is 4.79 Å². The highest BCUT2D eigenvalue weighted by molar-refractivity contribution is 7.89. The molecule has 0 saturated carbocycles. The Morgan fingerprint density at radius 2 is 1.79 bits per heavy atom. The van der Waals surface area contributed by atoms with E-state index in [2.05, 4.69) is 4.72 Å². The molecule has 1 fully saturated rings. The molecular weight excluding hydrogens is 264 g/mol. The predicted molar refractivity (Wildman–Crippen MR) is 72.4 cm³/mol. The molecule has 0 bridgehead atoms. The molecule has 19 heavy (non-hydrogen) atoms. The molecule has 1 aromatic rings. The number of benzene rings is 1. The van der Waals surface area contributed by atoms with Gasteiger partial charge in [-0.25, -0.2) is 13.1 Å². The standard InChI is InChI=1S/C13H18N2O3S/c1-10(2)14-19(17,18)12-6-4-11(5-7-12)13(16)15-8-3-9-15/h4-7,10,14H,3,8-9H2,1-2H3. The van der Waals surface area contributed by atoms with Crippen LogP contribution < -0.4 is 4.72 Å². The van der Waals surface area contributed by atoms with Crippen molar-refractivity contribution in [3.05, 3.63) is 29.8 Å². The minimum atomic E-state index is -3.49. The molecule has 0 unspecified atom stereocenters. The Hall–Kier alpha value is -1.40. The van der Waals surface area contributed by atoms with E-state index in [1.165, 1.54) is 12.1 Å². The summed E-state index contributed by atoms with van der Waals surface area (Å²) in [6, 6.07) is 5.91. The maximum absolute atomic E-state index is 11.9. The summed E-state index contributed by atoms with van der Waals surface area (Å²) < 4.78 is 26.3. The highest BCUT2D eigenvalue weighted by atomic mass is 32.2. The van der Waals surface area contributed by atoms with Crippen LogP contribution in [0, 0.1) is 0 Å². The number of hydrogen-bond acceptors (Lipinski definition) is 3. The number of rotatable bonds is 4. The SMILES string of the molecule is CC(C)NS(=O)(=O)c1ccc(C(=O)N2CCC2)cc1. The fourth-order valence-electron chi connectivity index (χ4n) is 1.86. The van der Waals surface area contributed by atoms with E-state index in [4.69, 9.17) is 0 Å². The topological polar surface area (TPSA) is 66.5 Å². The van der Waals surface area contributed by atoms with Crippen molar-refractivity contribution in [1.82, 2.24) is 9.62 Å². The van der Waals surface area contributed by atoms with Crippen molar-refractivity contribution in [2.24, 2.45) is 0 Å². The molecule has 0 atom stereocenters. The third-order valence-electron chi connectivity index (χ3n) is 2.95. The van der Waals surface area contributed by atoms with Crippen LogP contribution in [0.15, 0.2) is 29.2 Å². The van der Waals surface area contributed by atoms with E-state index in [0.29, 0.717) is 5.56 Å². The zero-order valence-corrected chi connectivity index (χ0v) is 11.9. The summed E-state index contributed by atoms with van der Waals surface area (Å²) in [6.07, 6.45) is 1.04. The predicted octanol–water partition coefficient (Wildman–Crippen LogP) is 1.22. The van der Waals surface area contributed by atoms with Crippen LogP contribution in [0.1, 0.15) is 30.6 Å². The van der Waals surface area contributed by atoms with Crippen molar-refractivity contribution in [2.75, 3.05) is 13.1 Å². The van der Waals surface area contributed by atoms with Gasteiger partial charge >= 0.3 is 0 Å². The van der Waals surface area contributed by atoms with Gasteiger partial charge in [-0.2, -0.15) is 0 Å². The number of amides is 1. The first-order chi connectivity index (χ1) is 8.90. The maximum atomic E-state index is 11.9. The first kappa shape index (κ1) is 14.0. The molecule has 0 spiro atoms. The van der Waals surface area contributed by atoms with Crippen LogP contribution in [0.5, 0.6) is 0 Å². The summed E-state index contributed by atoms with van der Waals surface area (Å²) in [5, 5.41) is 0. The van der Waals surface area contributed by atoms with Crippen LogP contribution in [-0.4, -0.2) is 38.4 Å². The van der Waals surface area contributed by atoms with E-state index in [0.717, 1.165) is 19.5 Å². The Labute approximate surface area is 113 Å². The Morgan fingerprint density at radius 1 is 1.21 bits per heavy atom. The largest absolute Gasteiger partial charge is 0.339 e. The lowest BCUT2D eigenvalue weighted by Gasteiger charge is -2.30. The first-order valence-corrected chi connectivity index (χ1v) is 7.80. The second-order valence-electron chi connectivity index (χ2n) is 4.95. The lowest BCUT2D eigenvalue weighted by Crippen LogP contribution is -2.42. The van der Waals surface area contributed by atoms with Gasteiger partial charge in [0.15, 0.2) is 0 Å². The molecule has 6 heteroatoms. The minimum Gasteiger partial charge on any atom is -0.339 e. The Balaban J connectivity index is 2.16. The van der Waals surface area contributed by atoms with Gasteiger partial charge in [-0.15, -0.1) is 0 Å². The number of nitrogens with one attached hydrogen (secondary N) is 1. The fourth-order valence-corrected chi connectivity index (χ4v) is 3.11. The lowest BCUT2D eigenvalue weighted by molar-refractivity contribution is 0.0651. The van der Waals surface area contributed by atoms with E-state index in [9.17, 15) is 13.2 Å². The Kier molecular flexibility index (Phi) is 3.91. The number of nitrogens with zero attached hydrogens (tertiary/aromatic N) is 1. The number of likely N-dealkylation sites (tertiary alicyclic amines) is 1. The van der Waals surface area contributed by atoms with E-state index in [-0.39, 0.29) is 16.8 Å². The average Bonchev–Trinajstić information content (AvgIpc) is 2.25. The molecular formula is C13H18N2O3S. The molecule has 0 aliphatic carbocycles. The Morgan fingerprint density at radius 3 is 2.21 bits per heavy atom. The molecule has 0 radical (unpaired) electrons. The molecule has 1 heterocycles. The maximum Gasteiger partial charge on any atom is 0.253 e. The second kappa shape index (κ2) is 5.30. The normalized spacial score (nSPS) is 15.4. The van der Waals surface area contributed by atoms with Gasteiger partial charge in [-0.05, 0) is 44.5 Å². The van der Waals surface area contributed by atoms with Gasteiger partial charge in [0.1, 0.15) is 0 Å².